The lowest BCUT2D eigenvalue weighted by atomic mass is 10.1. The Morgan fingerprint density at radius 3 is 2.62 bits per heavy atom. The molecule has 2 aromatic carbocycles. The number of carbonyl (C=O) groups excluding carboxylic acids is 2. The second-order valence-electron chi connectivity index (χ2n) is 4.92. The first-order valence-corrected chi connectivity index (χ1v) is 8.05. The van der Waals surface area contributed by atoms with Gasteiger partial charge >= 0.3 is 5.97 Å². The molecule has 1 N–H and O–H groups in total. The zero-order chi connectivity index (χ0) is 16.9. The highest BCUT2D eigenvalue weighted by Crippen LogP contribution is 2.28. The summed E-state index contributed by atoms with van der Waals surface area (Å²) in [6, 6.07) is 16.2. The van der Waals surface area contributed by atoms with E-state index in [1.165, 1.54) is 18.4 Å². The number of anilines is 1. The lowest BCUT2D eigenvalue weighted by Crippen LogP contribution is -2.14. The topological polar surface area (TPSA) is 68.3 Å². The van der Waals surface area contributed by atoms with E-state index in [2.05, 4.69) is 15.0 Å². The molecule has 0 bridgehead atoms. The van der Waals surface area contributed by atoms with Crippen LogP contribution in [0.1, 0.15) is 20.8 Å². The third kappa shape index (κ3) is 3.33. The van der Waals surface area contributed by atoms with E-state index < -0.39 is 5.97 Å². The minimum atomic E-state index is -0.454. The van der Waals surface area contributed by atoms with Crippen LogP contribution in [0.15, 0.2) is 60.1 Å². The highest BCUT2D eigenvalue weighted by Gasteiger charge is 2.17. The molecule has 0 atom stereocenters. The number of benzene rings is 2. The van der Waals surface area contributed by atoms with Gasteiger partial charge in [0.25, 0.3) is 5.91 Å². The number of nitrogens with zero attached hydrogens (tertiary/aromatic N) is 1. The van der Waals surface area contributed by atoms with Gasteiger partial charge in [-0.05, 0) is 23.8 Å². The van der Waals surface area contributed by atoms with Crippen LogP contribution >= 0.6 is 11.3 Å². The first-order valence-electron chi connectivity index (χ1n) is 7.17. The Morgan fingerprint density at radius 1 is 1.08 bits per heavy atom. The van der Waals surface area contributed by atoms with E-state index in [4.69, 9.17) is 0 Å². The molecule has 0 aliphatic heterocycles. The van der Waals surface area contributed by atoms with Gasteiger partial charge in [-0.15, -0.1) is 11.3 Å². The number of amides is 1. The highest BCUT2D eigenvalue weighted by molar-refractivity contribution is 7.13. The molecular formula is C18H14N2O3S. The van der Waals surface area contributed by atoms with Gasteiger partial charge in [0.1, 0.15) is 5.69 Å². The Labute approximate surface area is 142 Å². The zero-order valence-electron chi connectivity index (χ0n) is 12.9. The molecule has 0 spiro atoms. The summed E-state index contributed by atoms with van der Waals surface area (Å²) in [5, 5.41) is 2.77. The Bertz CT molecular complexity index is 875. The second kappa shape index (κ2) is 7.06. The van der Waals surface area contributed by atoms with E-state index in [-0.39, 0.29) is 5.91 Å². The Hall–Kier alpha value is -2.99. The summed E-state index contributed by atoms with van der Waals surface area (Å²) in [5.74, 6) is -0.776. The van der Waals surface area contributed by atoms with Crippen LogP contribution in [0.4, 0.5) is 5.69 Å². The molecule has 120 valence electrons. The summed E-state index contributed by atoms with van der Waals surface area (Å²) in [7, 11) is 1.31. The van der Waals surface area contributed by atoms with E-state index in [1.807, 2.05) is 30.3 Å². The van der Waals surface area contributed by atoms with Crippen molar-refractivity contribution >= 4 is 28.9 Å². The molecule has 1 heterocycles. The van der Waals surface area contributed by atoms with E-state index in [0.29, 0.717) is 16.9 Å². The van der Waals surface area contributed by atoms with Crippen LogP contribution in [-0.2, 0) is 4.74 Å². The molecule has 1 amide bonds. The quantitative estimate of drug-likeness (QED) is 0.734. The van der Waals surface area contributed by atoms with E-state index in [9.17, 15) is 9.59 Å². The lowest BCUT2D eigenvalue weighted by molar-refractivity contribution is 0.0600. The number of rotatable bonds is 4. The lowest BCUT2D eigenvalue weighted by Gasteiger charge is -2.07. The summed E-state index contributed by atoms with van der Waals surface area (Å²) < 4.78 is 4.68. The molecule has 0 aliphatic carbocycles. The van der Waals surface area contributed by atoms with Crippen LogP contribution in [0.25, 0.3) is 10.4 Å². The van der Waals surface area contributed by atoms with Crippen LogP contribution < -0.4 is 5.32 Å². The second-order valence-corrected chi connectivity index (χ2v) is 5.78. The molecule has 5 nitrogen and oxygen atoms in total. The van der Waals surface area contributed by atoms with Crippen molar-refractivity contribution in [1.29, 1.82) is 0 Å². The normalized spacial score (nSPS) is 10.2. The molecule has 0 aliphatic rings. The standard InChI is InChI=1S/C18H14N2O3S/c1-23-18(22)13-8-5-9-14(10-13)20-17(21)15-16(24-11-19-15)12-6-3-2-4-7-12/h2-11H,1H3,(H,20,21). The van der Waals surface area contributed by atoms with Crippen molar-refractivity contribution in [3.05, 3.63) is 71.4 Å². The molecule has 0 fully saturated rings. The molecule has 3 rings (SSSR count). The zero-order valence-corrected chi connectivity index (χ0v) is 13.7. The molecule has 6 heteroatoms. The smallest absolute Gasteiger partial charge is 0.337 e. The predicted molar refractivity (Wildman–Crippen MR) is 93.3 cm³/mol. The highest BCUT2D eigenvalue weighted by atomic mass is 32.1. The molecule has 24 heavy (non-hydrogen) atoms. The Kier molecular flexibility index (Phi) is 4.67. The summed E-state index contributed by atoms with van der Waals surface area (Å²) in [4.78, 5) is 29.1. The SMILES string of the molecule is COC(=O)c1cccc(NC(=O)c2ncsc2-c2ccccc2)c1. The number of thiazole rings is 1. The van der Waals surface area contributed by atoms with Crippen molar-refractivity contribution in [2.45, 2.75) is 0 Å². The summed E-state index contributed by atoms with van der Waals surface area (Å²) in [6.45, 7) is 0. The van der Waals surface area contributed by atoms with Gasteiger partial charge in [0.05, 0.1) is 23.1 Å². The van der Waals surface area contributed by atoms with Crippen molar-refractivity contribution in [2.75, 3.05) is 12.4 Å². The molecule has 0 unspecified atom stereocenters. The van der Waals surface area contributed by atoms with Gasteiger partial charge < -0.3 is 10.1 Å². The van der Waals surface area contributed by atoms with Gasteiger partial charge in [-0.3, -0.25) is 4.79 Å². The van der Waals surface area contributed by atoms with Crippen molar-refractivity contribution in [2.24, 2.45) is 0 Å². The molecule has 0 radical (unpaired) electrons. The van der Waals surface area contributed by atoms with Crippen molar-refractivity contribution in [1.82, 2.24) is 4.98 Å². The van der Waals surface area contributed by atoms with Crippen LogP contribution in [0.3, 0.4) is 0 Å². The first-order chi connectivity index (χ1) is 11.7. The first kappa shape index (κ1) is 15.9. The monoisotopic (exact) mass is 338 g/mol. The predicted octanol–water partition coefficient (Wildman–Crippen LogP) is 3.85. The number of methoxy groups -OCH3 is 1. The number of ether oxygens (including phenoxy) is 1. The summed E-state index contributed by atoms with van der Waals surface area (Å²) in [6.07, 6.45) is 0. The van der Waals surface area contributed by atoms with Crippen LogP contribution in [0.2, 0.25) is 0 Å². The molecule has 0 saturated carbocycles. The van der Waals surface area contributed by atoms with Crippen molar-refractivity contribution in [3.8, 4) is 10.4 Å². The van der Waals surface area contributed by atoms with Crippen molar-refractivity contribution < 1.29 is 14.3 Å². The average Bonchev–Trinajstić information content (AvgIpc) is 3.12. The molecule has 0 saturated heterocycles. The molecule has 1 aromatic heterocycles. The number of carbonyl (C=O) groups is 2. The fourth-order valence-electron chi connectivity index (χ4n) is 2.23. The maximum atomic E-state index is 12.5. The van der Waals surface area contributed by atoms with Gasteiger partial charge in [0.15, 0.2) is 0 Å². The fraction of sp³-hybridized carbons (Fsp3) is 0.0556. The van der Waals surface area contributed by atoms with Gasteiger partial charge in [-0.1, -0.05) is 36.4 Å². The van der Waals surface area contributed by atoms with Crippen molar-refractivity contribution in [3.63, 3.8) is 0 Å². The summed E-state index contributed by atoms with van der Waals surface area (Å²) >= 11 is 1.41. The van der Waals surface area contributed by atoms with E-state index >= 15 is 0 Å². The van der Waals surface area contributed by atoms with E-state index in [1.54, 1.807) is 29.8 Å². The number of hydrogen-bond acceptors (Lipinski definition) is 5. The maximum absolute atomic E-state index is 12.5. The van der Waals surface area contributed by atoms with E-state index in [0.717, 1.165) is 10.4 Å². The minimum absolute atomic E-state index is 0.322. The largest absolute Gasteiger partial charge is 0.465 e. The third-order valence-electron chi connectivity index (χ3n) is 3.36. The summed E-state index contributed by atoms with van der Waals surface area (Å²) in [5.41, 5.74) is 3.82. The van der Waals surface area contributed by atoms with Gasteiger partial charge in [-0.2, -0.15) is 0 Å². The third-order valence-corrected chi connectivity index (χ3v) is 4.24. The number of aromatic nitrogens is 1. The van der Waals surface area contributed by atoms with Gasteiger partial charge in [0.2, 0.25) is 0 Å². The number of esters is 1. The number of nitrogens with one attached hydrogen (secondary N) is 1. The van der Waals surface area contributed by atoms with Crippen LogP contribution in [0.5, 0.6) is 0 Å². The maximum Gasteiger partial charge on any atom is 0.337 e. The Balaban J connectivity index is 1.84. The number of hydrogen-bond donors (Lipinski definition) is 1. The Morgan fingerprint density at radius 2 is 1.88 bits per heavy atom. The van der Waals surface area contributed by atoms with Gasteiger partial charge in [-0.25, -0.2) is 9.78 Å². The fourth-order valence-corrected chi connectivity index (χ4v) is 3.03. The average molecular weight is 338 g/mol. The van der Waals surface area contributed by atoms with Gasteiger partial charge in [0, 0.05) is 5.69 Å². The molecule has 3 aromatic rings. The van der Waals surface area contributed by atoms with Crippen LogP contribution in [-0.4, -0.2) is 24.0 Å². The van der Waals surface area contributed by atoms with Crippen LogP contribution in [0, 0.1) is 0 Å². The molecular weight excluding hydrogens is 324 g/mol. The minimum Gasteiger partial charge on any atom is -0.465 e.